The highest BCUT2D eigenvalue weighted by Crippen LogP contribution is 2.35. The Morgan fingerprint density at radius 2 is 2.37 bits per heavy atom. The van der Waals surface area contributed by atoms with Crippen LogP contribution in [0.2, 0.25) is 0 Å². The summed E-state index contributed by atoms with van der Waals surface area (Å²) >= 11 is 3.61. The predicted molar refractivity (Wildman–Crippen MR) is 80.8 cm³/mol. The molecular formula is C14H18N2OS2. The molecule has 0 amide bonds. The van der Waals surface area contributed by atoms with Crippen molar-refractivity contribution in [2.75, 3.05) is 19.7 Å². The number of aryl methyl sites for hydroxylation is 1. The molecule has 0 bridgehead atoms. The Hall–Kier alpha value is -0.750. The van der Waals surface area contributed by atoms with Gasteiger partial charge in [-0.15, -0.1) is 22.7 Å². The van der Waals surface area contributed by atoms with Crippen LogP contribution >= 0.6 is 22.7 Å². The first kappa shape index (κ1) is 13.2. The van der Waals surface area contributed by atoms with Gasteiger partial charge in [-0.3, -0.25) is 4.90 Å². The van der Waals surface area contributed by atoms with Gasteiger partial charge in [0.15, 0.2) is 0 Å². The molecule has 0 saturated heterocycles. The van der Waals surface area contributed by atoms with E-state index in [1.165, 1.54) is 15.3 Å². The Bertz CT molecular complexity index is 562. The molecule has 1 aliphatic rings. The maximum absolute atomic E-state index is 8.92. The van der Waals surface area contributed by atoms with E-state index in [0.717, 1.165) is 43.2 Å². The summed E-state index contributed by atoms with van der Waals surface area (Å²) < 4.78 is 0. The highest BCUT2D eigenvalue weighted by atomic mass is 32.1. The van der Waals surface area contributed by atoms with Crippen LogP contribution in [-0.4, -0.2) is 34.7 Å². The van der Waals surface area contributed by atoms with Crippen molar-refractivity contribution in [3.8, 4) is 10.6 Å². The van der Waals surface area contributed by atoms with Gasteiger partial charge in [-0.25, -0.2) is 4.98 Å². The van der Waals surface area contributed by atoms with Crippen LogP contribution in [0.15, 0.2) is 11.4 Å². The van der Waals surface area contributed by atoms with E-state index in [2.05, 4.69) is 28.3 Å². The normalized spacial score (nSPS) is 15.7. The van der Waals surface area contributed by atoms with Crippen molar-refractivity contribution in [1.82, 2.24) is 9.88 Å². The third kappa shape index (κ3) is 2.89. The van der Waals surface area contributed by atoms with Crippen LogP contribution in [0, 0.1) is 6.92 Å². The van der Waals surface area contributed by atoms with Gasteiger partial charge < -0.3 is 5.11 Å². The number of fused-ring (bicyclic) bond motifs is 1. The molecule has 2 aromatic heterocycles. The van der Waals surface area contributed by atoms with E-state index in [4.69, 9.17) is 5.11 Å². The smallest absolute Gasteiger partial charge is 0.0914 e. The van der Waals surface area contributed by atoms with Gasteiger partial charge in [0.25, 0.3) is 0 Å². The lowest BCUT2D eigenvalue weighted by Crippen LogP contribution is -2.30. The minimum absolute atomic E-state index is 0.288. The maximum atomic E-state index is 8.92. The second-order valence-electron chi connectivity index (χ2n) is 4.91. The van der Waals surface area contributed by atoms with Gasteiger partial charge in [-0.05, 0) is 31.4 Å². The molecule has 3 heterocycles. The molecule has 2 aromatic rings. The molecule has 0 aromatic carbocycles. The molecule has 1 aliphatic heterocycles. The Morgan fingerprint density at radius 1 is 1.47 bits per heavy atom. The van der Waals surface area contributed by atoms with Crippen molar-refractivity contribution in [2.24, 2.45) is 0 Å². The quantitative estimate of drug-likeness (QED) is 0.942. The lowest BCUT2D eigenvalue weighted by atomic mass is 10.1. The highest BCUT2D eigenvalue weighted by molar-refractivity contribution is 7.16. The molecular weight excluding hydrogens is 276 g/mol. The van der Waals surface area contributed by atoms with Crippen LogP contribution in [-0.2, 0) is 13.0 Å². The van der Waals surface area contributed by atoms with Crippen molar-refractivity contribution in [2.45, 2.75) is 26.3 Å². The van der Waals surface area contributed by atoms with Gasteiger partial charge in [0.05, 0.1) is 15.6 Å². The molecule has 3 rings (SSSR count). The number of rotatable bonds is 4. The third-order valence-electron chi connectivity index (χ3n) is 3.45. The number of hydrogen-bond acceptors (Lipinski definition) is 5. The highest BCUT2D eigenvalue weighted by Gasteiger charge is 2.19. The Labute approximate surface area is 121 Å². The van der Waals surface area contributed by atoms with Gasteiger partial charge in [0, 0.05) is 36.5 Å². The minimum atomic E-state index is 0.288. The first-order valence-corrected chi connectivity index (χ1v) is 8.33. The van der Waals surface area contributed by atoms with Crippen LogP contribution in [0.4, 0.5) is 0 Å². The second kappa shape index (κ2) is 5.71. The molecule has 0 saturated carbocycles. The molecule has 0 radical (unpaired) electrons. The second-order valence-corrected chi connectivity index (χ2v) is 7.11. The summed E-state index contributed by atoms with van der Waals surface area (Å²) in [5.41, 5.74) is 2.58. The summed E-state index contributed by atoms with van der Waals surface area (Å²) in [6.45, 7) is 5.48. The van der Waals surface area contributed by atoms with Gasteiger partial charge in [0.1, 0.15) is 0 Å². The number of thiophene rings is 1. The number of hydrogen-bond donors (Lipinski definition) is 1. The molecule has 102 valence electrons. The largest absolute Gasteiger partial charge is 0.396 e. The molecule has 5 heteroatoms. The maximum Gasteiger partial charge on any atom is 0.0914 e. The van der Waals surface area contributed by atoms with E-state index < -0.39 is 0 Å². The van der Waals surface area contributed by atoms with Gasteiger partial charge >= 0.3 is 0 Å². The van der Waals surface area contributed by atoms with Gasteiger partial charge in [-0.2, -0.15) is 0 Å². The fraction of sp³-hybridized carbons (Fsp3) is 0.500. The minimum Gasteiger partial charge on any atom is -0.396 e. The van der Waals surface area contributed by atoms with E-state index >= 15 is 0 Å². The van der Waals surface area contributed by atoms with E-state index in [-0.39, 0.29) is 6.61 Å². The van der Waals surface area contributed by atoms with Gasteiger partial charge in [-0.1, -0.05) is 0 Å². The van der Waals surface area contributed by atoms with E-state index in [1.54, 1.807) is 11.3 Å². The number of nitrogens with zero attached hydrogens (tertiary/aromatic N) is 2. The number of aromatic nitrogens is 1. The summed E-state index contributed by atoms with van der Waals surface area (Å²) in [4.78, 5) is 9.83. The summed E-state index contributed by atoms with van der Waals surface area (Å²) in [6.07, 6.45) is 2.01. The topological polar surface area (TPSA) is 36.4 Å². The standard InChI is InChI=1S/C14H18N2OS2/c1-10-15-12(9-18-10)14-7-11-8-16(4-2-6-17)5-3-13(11)19-14/h7,9,17H,2-6,8H2,1H3. The number of thiazole rings is 1. The first-order chi connectivity index (χ1) is 9.26. The monoisotopic (exact) mass is 294 g/mol. The Morgan fingerprint density at radius 3 is 3.11 bits per heavy atom. The molecule has 1 N–H and O–H groups in total. The number of aliphatic hydroxyl groups excluding tert-OH is 1. The van der Waals surface area contributed by atoms with Crippen molar-refractivity contribution in [1.29, 1.82) is 0 Å². The summed E-state index contributed by atoms with van der Waals surface area (Å²) in [5, 5.41) is 12.2. The molecule has 0 atom stereocenters. The number of aliphatic hydroxyl groups is 1. The van der Waals surface area contributed by atoms with E-state index in [0.29, 0.717) is 0 Å². The lowest BCUT2D eigenvalue weighted by molar-refractivity contribution is 0.213. The molecule has 0 fully saturated rings. The van der Waals surface area contributed by atoms with Crippen molar-refractivity contribution < 1.29 is 5.11 Å². The van der Waals surface area contributed by atoms with Crippen molar-refractivity contribution in [3.63, 3.8) is 0 Å². The average molecular weight is 294 g/mol. The summed E-state index contributed by atoms with van der Waals surface area (Å²) in [5.74, 6) is 0. The van der Waals surface area contributed by atoms with E-state index in [1.807, 2.05) is 11.3 Å². The van der Waals surface area contributed by atoms with Crippen LogP contribution in [0.25, 0.3) is 10.6 Å². The van der Waals surface area contributed by atoms with Gasteiger partial charge in [0.2, 0.25) is 0 Å². The fourth-order valence-corrected chi connectivity index (χ4v) is 4.29. The lowest BCUT2D eigenvalue weighted by Gasteiger charge is -2.26. The van der Waals surface area contributed by atoms with Crippen LogP contribution < -0.4 is 0 Å². The van der Waals surface area contributed by atoms with Crippen LogP contribution in [0.5, 0.6) is 0 Å². The Balaban J connectivity index is 1.77. The average Bonchev–Trinajstić information content (AvgIpc) is 3.01. The zero-order chi connectivity index (χ0) is 13.2. The molecule has 3 nitrogen and oxygen atoms in total. The third-order valence-corrected chi connectivity index (χ3v) is 5.48. The van der Waals surface area contributed by atoms with E-state index in [9.17, 15) is 0 Å². The molecule has 0 aliphatic carbocycles. The summed E-state index contributed by atoms with van der Waals surface area (Å²) in [6, 6.07) is 2.31. The fourth-order valence-electron chi connectivity index (χ4n) is 2.48. The first-order valence-electron chi connectivity index (χ1n) is 6.63. The van der Waals surface area contributed by atoms with Crippen molar-refractivity contribution in [3.05, 3.63) is 26.9 Å². The van der Waals surface area contributed by atoms with Crippen LogP contribution in [0.1, 0.15) is 21.9 Å². The summed E-state index contributed by atoms with van der Waals surface area (Å²) in [7, 11) is 0. The molecule has 19 heavy (non-hydrogen) atoms. The Kier molecular flexibility index (Phi) is 3.98. The van der Waals surface area contributed by atoms with Crippen molar-refractivity contribution >= 4 is 22.7 Å². The zero-order valence-corrected chi connectivity index (χ0v) is 12.7. The predicted octanol–water partition coefficient (Wildman–Crippen LogP) is 2.92. The van der Waals surface area contributed by atoms with Crippen LogP contribution in [0.3, 0.4) is 0 Å². The zero-order valence-electron chi connectivity index (χ0n) is 11.1. The molecule has 0 spiro atoms. The SMILES string of the molecule is Cc1nc(-c2cc3c(s2)CCN(CCCO)C3)cs1. The molecule has 0 unspecified atom stereocenters.